The van der Waals surface area contributed by atoms with Crippen LogP contribution in [-0.4, -0.2) is 31.0 Å². The van der Waals surface area contributed by atoms with Crippen LogP contribution in [0, 0.1) is 0 Å². The second-order valence-corrected chi connectivity index (χ2v) is 9.96. The second kappa shape index (κ2) is 8.52. The summed E-state index contributed by atoms with van der Waals surface area (Å²) in [4.78, 5) is 12.7. The molecule has 0 saturated heterocycles. The number of hydrogen-bond donors (Lipinski definition) is 2. The summed E-state index contributed by atoms with van der Waals surface area (Å²) in [5.74, 6) is 0.913. The molecule has 0 aliphatic carbocycles. The summed E-state index contributed by atoms with van der Waals surface area (Å²) in [6.45, 7) is 12.7. The summed E-state index contributed by atoms with van der Waals surface area (Å²) in [6, 6.07) is 11.0. The molecular weight excluding hydrogens is 394 g/mol. The number of amides is 1. The lowest BCUT2D eigenvalue weighted by molar-refractivity contribution is -0.128. The number of carbonyl (C=O) groups excluding carboxylic acids is 1. The Morgan fingerprint density at radius 2 is 1.65 bits per heavy atom. The minimum atomic E-state index is -1.15. The van der Waals surface area contributed by atoms with Crippen LogP contribution >= 0.6 is 0 Å². The van der Waals surface area contributed by atoms with Crippen molar-refractivity contribution in [3.63, 3.8) is 0 Å². The first-order valence-corrected chi connectivity index (χ1v) is 10.5. The van der Waals surface area contributed by atoms with Crippen molar-refractivity contribution in [3.05, 3.63) is 53.1 Å². The molecule has 2 unspecified atom stereocenters. The Morgan fingerprint density at radius 1 is 1.06 bits per heavy atom. The molecule has 6 heteroatoms. The van der Waals surface area contributed by atoms with Crippen LogP contribution in [0.1, 0.15) is 64.3 Å². The van der Waals surface area contributed by atoms with E-state index >= 15 is 0 Å². The lowest BCUT2D eigenvalue weighted by Gasteiger charge is -2.33. The summed E-state index contributed by atoms with van der Waals surface area (Å²) < 4.78 is 17.1. The van der Waals surface area contributed by atoms with Gasteiger partial charge in [-0.15, -0.1) is 0 Å². The lowest BCUT2D eigenvalue weighted by Crippen LogP contribution is -2.41. The van der Waals surface area contributed by atoms with Gasteiger partial charge in [0.05, 0.1) is 5.69 Å². The highest BCUT2D eigenvalue weighted by Gasteiger charge is 2.37. The molecule has 2 aromatic rings. The molecular formula is C25H33NO5. The third-order valence-electron chi connectivity index (χ3n) is 5.33. The topological polar surface area (TPSA) is 77.0 Å². The molecule has 1 aliphatic rings. The maximum atomic E-state index is 12.7. The van der Waals surface area contributed by atoms with Crippen LogP contribution in [0.3, 0.4) is 0 Å². The Morgan fingerprint density at radius 3 is 2.19 bits per heavy atom. The fourth-order valence-corrected chi connectivity index (χ4v) is 3.66. The van der Waals surface area contributed by atoms with Crippen molar-refractivity contribution in [1.82, 2.24) is 0 Å². The van der Waals surface area contributed by atoms with Gasteiger partial charge in [-0.05, 0) is 40.7 Å². The van der Waals surface area contributed by atoms with Crippen LogP contribution in [0.15, 0.2) is 36.4 Å². The zero-order chi connectivity index (χ0) is 23.0. The Bertz CT molecular complexity index is 920. The van der Waals surface area contributed by atoms with Gasteiger partial charge in [0.25, 0.3) is 5.91 Å². The number of nitrogens with one attached hydrogen (secondary N) is 1. The van der Waals surface area contributed by atoms with E-state index in [1.54, 1.807) is 19.2 Å². The van der Waals surface area contributed by atoms with E-state index in [1.807, 2.05) is 24.3 Å². The third-order valence-corrected chi connectivity index (χ3v) is 5.33. The number of rotatable bonds is 5. The molecule has 2 aromatic carbocycles. The maximum Gasteiger partial charge on any atom is 0.268 e. The van der Waals surface area contributed by atoms with Crippen molar-refractivity contribution in [2.24, 2.45) is 0 Å². The number of aliphatic hydroxyl groups is 1. The van der Waals surface area contributed by atoms with E-state index in [9.17, 15) is 9.90 Å². The van der Waals surface area contributed by atoms with Gasteiger partial charge in [0, 0.05) is 18.2 Å². The van der Waals surface area contributed by atoms with E-state index in [2.05, 4.69) is 46.9 Å². The zero-order valence-electron chi connectivity index (χ0n) is 19.4. The first-order valence-electron chi connectivity index (χ1n) is 10.5. The van der Waals surface area contributed by atoms with Crippen LogP contribution in [0.4, 0.5) is 5.69 Å². The Balaban J connectivity index is 2.09. The van der Waals surface area contributed by atoms with Crippen LogP contribution in [-0.2, 0) is 20.4 Å². The van der Waals surface area contributed by atoms with Gasteiger partial charge in [-0.3, -0.25) is 4.79 Å². The molecule has 0 bridgehead atoms. The van der Waals surface area contributed by atoms with Crippen molar-refractivity contribution in [2.45, 2.75) is 64.6 Å². The van der Waals surface area contributed by atoms with E-state index in [1.165, 1.54) is 0 Å². The monoisotopic (exact) mass is 427 g/mol. The third kappa shape index (κ3) is 4.86. The van der Waals surface area contributed by atoms with Crippen LogP contribution < -0.4 is 14.8 Å². The molecule has 6 nitrogen and oxygen atoms in total. The molecule has 31 heavy (non-hydrogen) atoms. The molecule has 0 radical (unpaired) electrons. The first-order chi connectivity index (χ1) is 14.4. The van der Waals surface area contributed by atoms with Gasteiger partial charge in [0.15, 0.2) is 6.79 Å². The Kier molecular flexibility index (Phi) is 6.35. The van der Waals surface area contributed by atoms with Crippen molar-refractivity contribution < 1.29 is 24.1 Å². The highest BCUT2D eigenvalue weighted by atomic mass is 16.7. The van der Waals surface area contributed by atoms with Gasteiger partial charge in [-0.25, -0.2) is 0 Å². The van der Waals surface area contributed by atoms with Gasteiger partial charge in [0.2, 0.25) is 6.10 Å². The minimum Gasteiger partial charge on any atom is -0.475 e. The van der Waals surface area contributed by atoms with Crippen LogP contribution in [0.2, 0.25) is 0 Å². The quantitative estimate of drug-likeness (QED) is 0.677. The molecule has 1 heterocycles. The summed E-state index contributed by atoms with van der Waals surface area (Å²) >= 11 is 0. The number of para-hydroxylation sites is 2. The fourth-order valence-electron chi connectivity index (χ4n) is 3.66. The number of aliphatic hydroxyl groups excluding tert-OH is 1. The molecule has 1 amide bonds. The summed E-state index contributed by atoms with van der Waals surface area (Å²) in [7, 11) is 1.59. The minimum absolute atomic E-state index is 0.124. The fraction of sp³-hybridized carbons (Fsp3) is 0.480. The number of hydrogen-bond acceptors (Lipinski definition) is 5. The number of ether oxygens (including phenoxy) is 3. The predicted octanol–water partition coefficient (Wildman–Crippen LogP) is 4.70. The molecule has 0 spiro atoms. The molecule has 0 fully saturated rings. The first kappa shape index (κ1) is 23.1. The van der Waals surface area contributed by atoms with Gasteiger partial charge in [-0.1, -0.05) is 53.7 Å². The zero-order valence-corrected chi connectivity index (χ0v) is 19.4. The molecule has 3 rings (SSSR count). The Hall–Kier alpha value is -2.57. The van der Waals surface area contributed by atoms with Crippen LogP contribution in [0.5, 0.6) is 11.5 Å². The number of benzene rings is 2. The van der Waals surface area contributed by atoms with Crippen LogP contribution in [0.25, 0.3) is 0 Å². The molecule has 0 aromatic heterocycles. The number of fused-ring (bicyclic) bond motifs is 1. The molecule has 0 saturated carbocycles. The molecule has 2 N–H and O–H groups in total. The predicted molar refractivity (Wildman–Crippen MR) is 121 cm³/mol. The highest BCUT2D eigenvalue weighted by molar-refractivity contribution is 5.98. The molecule has 2 atom stereocenters. The molecule has 1 aliphatic heterocycles. The van der Waals surface area contributed by atoms with Crippen molar-refractivity contribution in [1.29, 1.82) is 0 Å². The summed E-state index contributed by atoms with van der Waals surface area (Å²) in [5.41, 5.74) is 2.55. The average Bonchev–Trinajstić information content (AvgIpc) is 2.69. The largest absolute Gasteiger partial charge is 0.475 e. The van der Waals surface area contributed by atoms with Gasteiger partial charge < -0.3 is 24.6 Å². The number of carbonyl (C=O) groups is 1. The SMILES string of the molecule is COCOc1c(C(C)(C)C)cc(C(O)C2Oc3ccccc3NC2=O)cc1C(C)(C)C. The number of methoxy groups -OCH3 is 1. The molecule has 168 valence electrons. The van der Waals surface area contributed by atoms with E-state index in [4.69, 9.17) is 14.2 Å². The van der Waals surface area contributed by atoms with Gasteiger partial charge >= 0.3 is 0 Å². The van der Waals surface area contributed by atoms with Gasteiger partial charge in [0.1, 0.15) is 17.6 Å². The van der Waals surface area contributed by atoms with E-state index < -0.39 is 12.2 Å². The van der Waals surface area contributed by atoms with E-state index in [0.717, 1.165) is 16.9 Å². The second-order valence-electron chi connectivity index (χ2n) is 9.96. The van der Waals surface area contributed by atoms with E-state index in [-0.39, 0.29) is 23.5 Å². The normalized spacial score (nSPS) is 17.4. The maximum absolute atomic E-state index is 12.7. The standard InChI is InChI=1S/C25H33NO5/c1-24(2,3)16-12-15(13-17(25(4,5)6)21(16)30-14-29-7)20(27)22-23(28)26-18-10-8-9-11-19(18)31-22/h8-13,20,22,27H,14H2,1-7H3,(H,26,28). The lowest BCUT2D eigenvalue weighted by atomic mass is 9.77. The smallest absolute Gasteiger partial charge is 0.268 e. The van der Waals surface area contributed by atoms with Crippen molar-refractivity contribution in [3.8, 4) is 11.5 Å². The average molecular weight is 428 g/mol. The Labute approximate surface area is 184 Å². The summed E-state index contributed by atoms with van der Waals surface area (Å²) in [6.07, 6.45) is -2.20. The number of anilines is 1. The van der Waals surface area contributed by atoms with E-state index in [0.29, 0.717) is 17.0 Å². The van der Waals surface area contributed by atoms with Crippen molar-refractivity contribution >= 4 is 11.6 Å². The highest BCUT2D eigenvalue weighted by Crippen LogP contribution is 2.43. The summed E-state index contributed by atoms with van der Waals surface area (Å²) in [5, 5.41) is 14.1. The van der Waals surface area contributed by atoms with Crippen molar-refractivity contribution in [2.75, 3.05) is 19.2 Å². The van der Waals surface area contributed by atoms with Gasteiger partial charge in [-0.2, -0.15) is 0 Å².